The zero-order valence-electron chi connectivity index (χ0n) is 17.8. The summed E-state index contributed by atoms with van der Waals surface area (Å²) in [6, 6.07) is 9.79. The largest absolute Gasteiger partial charge is 0.378 e. The highest BCUT2D eigenvalue weighted by Gasteiger charge is 2.26. The van der Waals surface area contributed by atoms with Crippen molar-refractivity contribution in [3.63, 3.8) is 0 Å². The normalized spacial score (nSPS) is 15.7. The van der Waals surface area contributed by atoms with Crippen LogP contribution in [0.4, 0.5) is 5.82 Å². The first-order chi connectivity index (χ1) is 15.6. The number of carbonyl (C=O) groups is 1. The number of nitrogens with one attached hydrogen (secondary N) is 1. The average molecular weight is 435 g/mol. The van der Waals surface area contributed by atoms with Crippen LogP contribution in [-0.2, 0) is 6.54 Å². The molecule has 0 unspecified atom stereocenters. The minimum Gasteiger partial charge on any atom is -0.378 e. The Labute approximate surface area is 184 Å². The Morgan fingerprint density at radius 2 is 2.06 bits per heavy atom. The molecule has 1 aromatic carbocycles. The number of hydrogen-bond donors (Lipinski definition) is 2. The van der Waals surface area contributed by atoms with Gasteiger partial charge in [-0.25, -0.2) is 10.1 Å². The molecule has 0 spiro atoms. The van der Waals surface area contributed by atoms with Crippen LogP contribution in [0.25, 0.3) is 11.9 Å². The highest BCUT2D eigenvalue weighted by atomic mass is 16.6. The Morgan fingerprint density at radius 1 is 1.28 bits per heavy atom. The van der Waals surface area contributed by atoms with E-state index in [1.807, 2.05) is 36.4 Å². The maximum absolute atomic E-state index is 12.8. The van der Waals surface area contributed by atoms with Crippen molar-refractivity contribution in [2.24, 2.45) is 11.0 Å². The van der Waals surface area contributed by atoms with Crippen molar-refractivity contribution in [1.82, 2.24) is 35.6 Å². The maximum Gasteiger partial charge on any atom is 0.293 e. The summed E-state index contributed by atoms with van der Waals surface area (Å²) >= 11 is 0. The van der Waals surface area contributed by atoms with Crippen LogP contribution in [0.1, 0.15) is 41.5 Å². The summed E-state index contributed by atoms with van der Waals surface area (Å²) in [6.07, 6.45) is 7.31. The first-order valence-corrected chi connectivity index (χ1v) is 10.4. The van der Waals surface area contributed by atoms with Gasteiger partial charge in [-0.2, -0.15) is 9.78 Å². The van der Waals surface area contributed by atoms with E-state index in [0.29, 0.717) is 18.2 Å². The summed E-state index contributed by atoms with van der Waals surface area (Å²) in [5.41, 5.74) is 10.1. The fraction of sp³-hybridized carbons (Fsp3) is 0.333. The fourth-order valence-corrected chi connectivity index (χ4v) is 3.47. The zero-order chi connectivity index (χ0) is 22.3. The molecule has 4 rings (SSSR count). The number of piperidine rings is 1. The number of amides is 1. The number of allylic oxidation sites excluding steroid dienone is 1. The third kappa shape index (κ3) is 5.06. The summed E-state index contributed by atoms with van der Waals surface area (Å²) in [5, 5.41) is 19.5. The predicted molar refractivity (Wildman–Crippen MR) is 119 cm³/mol. The summed E-state index contributed by atoms with van der Waals surface area (Å²) in [7, 11) is 0. The van der Waals surface area contributed by atoms with Gasteiger partial charge in [0.25, 0.3) is 5.91 Å². The smallest absolute Gasteiger partial charge is 0.293 e. The van der Waals surface area contributed by atoms with E-state index in [9.17, 15) is 4.79 Å². The Hall–Kier alpha value is -3.86. The van der Waals surface area contributed by atoms with Gasteiger partial charge in [0.2, 0.25) is 11.6 Å². The molecule has 0 atom stereocenters. The molecule has 1 aliphatic heterocycles. The van der Waals surface area contributed by atoms with Gasteiger partial charge >= 0.3 is 0 Å². The van der Waals surface area contributed by atoms with Crippen molar-refractivity contribution < 1.29 is 9.42 Å². The van der Waals surface area contributed by atoms with Crippen LogP contribution in [-0.4, -0.2) is 55.4 Å². The molecule has 0 saturated carbocycles. The Kier molecular flexibility index (Phi) is 6.66. The highest BCUT2D eigenvalue weighted by molar-refractivity contribution is 5.94. The average Bonchev–Trinajstić information content (AvgIpc) is 3.41. The standard InChI is InChI=1S/C21H25N9O2/c1-15-9-12-29(13-10-15)14-17-18(24-28-30(17)20-19(22)26-32-27-20)21(31)25-23-11-5-8-16-6-3-2-4-7-16/h2-8,11,15H,9-10,12-14H2,1H3,(H2,22,26)(H,25,31). The second kappa shape index (κ2) is 9.96. The van der Waals surface area contributed by atoms with Crippen molar-refractivity contribution in [3.05, 3.63) is 53.4 Å². The number of carbonyl (C=O) groups excluding carboxylic acids is 1. The molecule has 0 aliphatic carbocycles. The monoisotopic (exact) mass is 435 g/mol. The summed E-state index contributed by atoms with van der Waals surface area (Å²) in [5.74, 6) is 0.479. The number of likely N-dealkylation sites (tertiary alicyclic amines) is 1. The first kappa shape index (κ1) is 21.4. The topological polar surface area (TPSA) is 140 Å². The number of nitrogen functional groups attached to an aromatic ring is 1. The number of aromatic nitrogens is 5. The molecule has 0 radical (unpaired) electrons. The molecule has 11 nitrogen and oxygen atoms in total. The molecular formula is C21H25N9O2. The van der Waals surface area contributed by atoms with E-state index in [1.165, 1.54) is 10.9 Å². The van der Waals surface area contributed by atoms with Crippen LogP contribution in [0, 0.1) is 5.92 Å². The maximum atomic E-state index is 12.8. The number of benzene rings is 1. The number of nitrogens with zero attached hydrogens (tertiary/aromatic N) is 7. The van der Waals surface area contributed by atoms with Crippen LogP contribution in [0.15, 0.2) is 46.1 Å². The van der Waals surface area contributed by atoms with Gasteiger partial charge in [0.1, 0.15) is 0 Å². The molecule has 1 saturated heterocycles. The molecule has 1 amide bonds. The van der Waals surface area contributed by atoms with E-state index in [4.69, 9.17) is 10.4 Å². The van der Waals surface area contributed by atoms with E-state index < -0.39 is 5.91 Å². The Bertz CT molecular complexity index is 1100. The lowest BCUT2D eigenvalue weighted by Crippen LogP contribution is -2.34. The minimum absolute atomic E-state index is 0.0689. The van der Waals surface area contributed by atoms with E-state index in [0.717, 1.165) is 31.5 Å². The van der Waals surface area contributed by atoms with Crippen LogP contribution in [0.5, 0.6) is 0 Å². The van der Waals surface area contributed by atoms with Gasteiger partial charge < -0.3 is 5.73 Å². The number of nitrogens with two attached hydrogens (primary N) is 1. The van der Waals surface area contributed by atoms with Gasteiger partial charge in [0.05, 0.1) is 5.69 Å². The van der Waals surface area contributed by atoms with Crippen LogP contribution >= 0.6 is 0 Å². The molecule has 166 valence electrons. The van der Waals surface area contributed by atoms with Gasteiger partial charge in [0.15, 0.2) is 5.69 Å². The third-order valence-corrected chi connectivity index (χ3v) is 5.34. The minimum atomic E-state index is -0.476. The number of rotatable bonds is 7. The lowest BCUT2D eigenvalue weighted by molar-refractivity contribution is 0.0947. The highest BCUT2D eigenvalue weighted by Crippen LogP contribution is 2.21. The number of hydrazone groups is 1. The molecule has 0 bridgehead atoms. The lowest BCUT2D eigenvalue weighted by atomic mass is 9.99. The van der Waals surface area contributed by atoms with Crippen LogP contribution < -0.4 is 11.2 Å². The molecule has 2 aromatic heterocycles. The second-order valence-electron chi connectivity index (χ2n) is 7.72. The van der Waals surface area contributed by atoms with E-state index in [-0.39, 0.29) is 17.3 Å². The zero-order valence-corrected chi connectivity index (χ0v) is 17.8. The Morgan fingerprint density at radius 3 is 2.78 bits per heavy atom. The van der Waals surface area contributed by atoms with Gasteiger partial charge in [0, 0.05) is 12.8 Å². The third-order valence-electron chi connectivity index (χ3n) is 5.34. The molecule has 3 aromatic rings. The Balaban J connectivity index is 1.50. The lowest BCUT2D eigenvalue weighted by Gasteiger charge is -2.30. The summed E-state index contributed by atoms with van der Waals surface area (Å²) in [6.45, 7) is 4.55. The molecule has 3 N–H and O–H groups in total. The molecule has 3 heterocycles. The van der Waals surface area contributed by atoms with E-state index in [2.05, 4.69) is 43.0 Å². The SMILES string of the molecule is CC1CCN(Cc2c(C(=O)NN=CC=Cc3ccccc3)nnn2-c2nonc2N)CC1. The predicted octanol–water partition coefficient (Wildman–Crippen LogP) is 1.89. The van der Waals surface area contributed by atoms with Crippen LogP contribution in [0.3, 0.4) is 0 Å². The van der Waals surface area contributed by atoms with Crippen molar-refractivity contribution in [2.45, 2.75) is 26.3 Å². The van der Waals surface area contributed by atoms with Crippen molar-refractivity contribution in [3.8, 4) is 5.82 Å². The van der Waals surface area contributed by atoms with Crippen molar-refractivity contribution in [1.29, 1.82) is 0 Å². The molecular weight excluding hydrogens is 410 g/mol. The number of hydrogen-bond acceptors (Lipinski definition) is 9. The van der Waals surface area contributed by atoms with Crippen molar-refractivity contribution >= 4 is 24.0 Å². The van der Waals surface area contributed by atoms with Crippen LogP contribution in [0.2, 0.25) is 0 Å². The first-order valence-electron chi connectivity index (χ1n) is 10.4. The van der Waals surface area contributed by atoms with Gasteiger partial charge in [-0.1, -0.05) is 48.5 Å². The van der Waals surface area contributed by atoms with E-state index >= 15 is 0 Å². The molecule has 1 aliphatic rings. The molecule has 1 fully saturated rings. The van der Waals surface area contributed by atoms with Crippen molar-refractivity contribution in [2.75, 3.05) is 18.8 Å². The van der Waals surface area contributed by atoms with E-state index in [1.54, 1.807) is 6.08 Å². The quantitative estimate of drug-likeness (QED) is 0.423. The molecule has 32 heavy (non-hydrogen) atoms. The summed E-state index contributed by atoms with van der Waals surface area (Å²) in [4.78, 5) is 15.0. The van der Waals surface area contributed by atoms with Gasteiger partial charge in [-0.15, -0.1) is 5.10 Å². The summed E-state index contributed by atoms with van der Waals surface area (Å²) < 4.78 is 6.10. The van der Waals surface area contributed by atoms with Gasteiger partial charge in [-0.3, -0.25) is 9.69 Å². The van der Waals surface area contributed by atoms with Gasteiger partial charge in [-0.05, 0) is 53.8 Å². The molecule has 11 heteroatoms. The fourth-order valence-electron chi connectivity index (χ4n) is 3.47. The number of anilines is 1. The second-order valence-corrected chi connectivity index (χ2v) is 7.72.